The summed E-state index contributed by atoms with van der Waals surface area (Å²) < 4.78 is 34.9. The molecule has 2 aliphatic rings. The van der Waals surface area contributed by atoms with Crippen molar-refractivity contribution in [3.05, 3.63) is 71.4 Å². The molecule has 0 radical (unpaired) electrons. The molecule has 28 heavy (non-hydrogen) atoms. The van der Waals surface area contributed by atoms with Gasteiger partial charge in [-0.3, -0.25) is 0 Å². The summed E-state index contributed by atoms with van der Waals surface area (Å²) in [5.41, 5.74) is -0.608. The highest BCUT2D eigenvalue weighted by Crippen LogP contribution is 2.32. The van der Waals surface area contributed by atoms with Crippen LogP contribution in [0.4, 0.5) is 8.78 Å². The van der Waals surface area contributed by atoms with Gasteiger partial charge >= 0.3 is 5.97 Å². The number of hydrogen-bond acceptors (Lipinski definition) is 3. The number of allylic oxidation sites excluding steroid dienone is 6. The Morgan fingerprint density at radius 3 is 2.11 bits per heavy atom. The van der Waals surface area contributed by atoms with Crippen molar-refractivity contribution in [2.24, 2.45) is 0 Å². The van der Waals surface area contributed by atoms with Gasteiger partial charge in [0.1, 0.15) is 6.10 Å². The summed E-state index contributed by atoms with van der Waals surface area (Å²) >= 11 is 0. The van der Waals surface area contributed by atoms with Gasteiger partial charge in [-0.2, -0.15) is 0 Å². The summed E-state index contributed by atoms with van der Waals surface area (Å²) in [7, 11) is 0. The second kappa shape index (κ2) is 7.63. The standard InChI is InChI=1S/C23H27F2NO2/c1-22(2)13-16(14-23(3,4)26-22)28-21(27)18-12-11-17(19(24)20(18)25)15-9-7-5-6-8-10-15/h5-12,15-16,26H,13-14H2,1-4H3. The van der Waals surface area contributed by atoms with Gasteiger partial charge in [0.15, 0.2) is 11.6 Å². The lowest BCUT2D eigenvalue weighted by Crippen LogP contribution is -2.59. The molecule has 0 saturated carbocycles. The molecular weight excluding hydrogens is 360 g/mol. The summed E-state index contributed by atoms with van der Waals surface area (Å²) in [5.74, 6) is -3.38. The number of hydrogen-bond donors (Lipinski definition) is 1. The van der Waals surface area contributed by atoms with E-state index in [1.54, 1.807) is 24.3 Å². The topological polar surface area (TPSA) is 38.3 Å². The van der Waals surface area contributed by atoms with Gasteiger partial charge in [0.2, 0.25) is 0 Å². The summed E-state index contributed by atoms with van der Waals surface area (Å²) in [6.07, 6.45) is 11.6. The first-order valence-corrected chi connectivity index (χ1v) is 9.58. The van der Waals surface area contributed by atoms with E-state index in [0.717, 1.165) is 0 Å². The van der Waals surface area contributed by atoms with E-state index in [1.807, 2.05) is 39.8 Å². The number of piperidine rings is 1. The van der Waals surface area contributed by atoms with Crippen molar-refractivity contribution < 1.29 is 18.3 Å². The van der Waals surface area contributed by atoms with Crippen LogP contribution in [-0.4, -0.2) is 23.2 Å². The first-order chi connectivity index (χ1) is 13.1. The van der Waals surface area contributed by atoms with Crippen LogP contribution < -0.4 is 5.32 Å². The Morgan fingerprint density at radius 2 is 1.54 bits per heavy atom. The zero-order chi connectivity index (χ0) is 20.5. The third-order valence-electron chi connectivity index (χ3n) is 5.09. The second-order valence-electron chi connectivity index (χ2n) is 8.84. The minimum Gasteiger partial charge on any atom is -0.459 e. The van der Waals surface area contributed by atoms with Crippen LogP contribution in [0.15, 0.2) is 48.6 Å². The predicted molar refractivity (Wildman–Crippen MR) is 106 cm³/mol. The number of esters is 1. The van der Waals surface area contributed by atoms with Gasteiger partial charge in [-0.05, 0) is 33.8 Å². The number of halogens is 2. The average molecular weight is 387 g/mol. The SMILES string of the molecule is CC1(C)CC(OC(=O)c2ccc(C3C=CC=CC=C3)c(F)c2F)CC(C)(C)N1. The third-order valence-corrected chi connectivity index (χ3v) is 5.09. The van der Waals surface area contributed by atoms with Gasteiger partial charge < -0.3 is 10.1 Å². The van der Waals surface area contributed by atoms with Crippen molar-refractivity contribution in [1.82, 2.24) is 5.32 Å². The monoisotopic (exact) mass is 387 g/mol. The second-order valence-corrected chi connectivity index (χ2v) is 8.84. The molecule has 1 aromatic carbocycles. The highest BCUT2D eigenvalue weighted by atomic mass is 19.2. The molecule has 1 aromatic rings. The van der Waals surface area contributed by atoms with Crippen molar-refractivity contribution >= 4 is 5.97 Å². The lowest BCUT2D eigenvalue weighted by Gasteiger charge is -2.45. The first kappa shape index (κ1) is 20.5. The lowest BCUT2D eigenvalue weighted by molar-refractivity contribution is -0.00682. The molecule has 0 unspecified atom stereocenters. The molecule has 3 nitrogen and oxygen atoms in total. The molecular formula is C23H27F2NO2. The molecule has 1 saturated heterocycles. The van der Waals surface area contributed by atoms with E-state index in [-0.39, 0.29) is 34.2 Å². The van der Waals surface area contributed by atoms with E-state index in [2.05, 4.69) is 5.32 Å². The van der Waals surface area contributed by atoms with Crippen LogP contribution in [0, 0.1) is 11.6 Å². The van der Waals surface area contributed by atoms with E-state index in [1.165, 1.54) is 12.1 Å². The van der Waals surface area contributed by atoms with E-state index in [9.17, 15) is 13.6 Å². The molecule has 1 aliphatic heterocycles. The molecule has 1 fully saturated rings. The lowest BCUT2D eigenvalue weighted by atomic mass is 9.81. The minimum absolute atomic E-state index is 0.189. The van der Waals surface area contributed by atoms with E-state index in [0.29, 0.717) is 12.8 Å². The van der Waals surface area contributed by atoms with Crippen molar-refractivity contribution in [1.29, 1.82) is 0 Å². The van der Waals surface area contributed by atoms with Crippen LogP contribution in [-0.2, 0) is 4.74 Å². The van der Waals surface area contributed by atoms with Crippen molar-refractivity contribution in [3.8, 4) is 0 Å². The Morgan fingerprint density at radius 1 is 0.964 bits per heavy atom. The largest absolute Gasteiger partial charge is 0.459 e. The molecule has 0 spiro atoms. The fraction of sp³-hybridized carbons (Fsp3) is 0.435. The summed E-state index contributed by atoms with van der Waals surface area (Å²) in [5, 5.41) is 3.50. The van der Waals surface area contributed by atoms with Gasteiger partial charge in [0, 0.05) is 35.4 Å². The Bertz CT molecular complexity index is 820. The Balaban J connectivity index is 1.80. The zero-order valence-electron chi connectivity index (χ0n) is 16.8. The summed E-state index contributed by atoms with van der Waals surface area (Å²) in [4.78, 5) is 12.6. The van der Waals surface area contributed by atoms with Gasteiger partial charge in [0.05, 0.1) is 5.56 Å². The smallest absolute Gasteiger partial charge is 0.341 e. The highest BCUT2D eigenvalue weighted by Gasteiger charge is 2.39. The van der Waals surface area contributed by atoms with Crippen LogP contribution in [0.3, 0.4) is 0 Å². The predicted octanol–water partition coefficient (Wildman–Crippen LogP) is 5.20. The zero-order valence-corrected chi connectivity index (χ0v) is 16.8. The van der Waals surface area contributed by atoms with Crippen LogP contribution in [0.5, 0.6) is 0 Å². The van der Waals surface area contributed by atoms with Crippen molar-refractivity contribution in [2.45, 2.75) is 63.6 Å². The quantitative estimate of drug-likeness (QED) is 0.725. The first-order valence-electron chi connectivity index (χ1n) is 9.58. The molecule has 0 bridgehead atoms. The number of nitrogens with one attached hydrogen (secondary N) is 1. The Labute approximate surface area is 165 Å². The number of carbonyl (C=O) groups is 1. The Kier molecular flexibility index (Phi) is 5.57. The molecule has 150 valence electrons. The molecule has 1 heterocycles. The van der Waals surface area contributed by atoms with Crippen molar-refractivity contribution in [3.63, 3.8) is 0 Å². The van der Waals surface area contributed by atoms with Crippen molar-refractivity contribution in [2.75, 3.05) is 0 Å². The van der Waals surface area contributed by atoms with E-state index >= 15 is 0 Å². The molecule has 0 amide bonds. The molecule has 0 atom stereocenters. The van der Waals surface area contributed by atoms with Crippen LogP contribution in [0.2, 0.25) is 0 Å². The molecule has 1 aliphatic carbocycles. The maximum atomic E-state index is 14.7. The molecule has 5 heteroatoms. The number of rotatable bonds is 3. The van der Waals surface area contributed by atoms with Gasteiger partial charge in [-0.15, -0.1) is 0 Å². The van der Waals surface area contributed by atoms with Gasteiger partial charge in [-0.1, -0.05) is 42.5 Å². The van der Waals surface area contributed by atoms with Crippen LogP contribution in [0.25, 0.3) is 0 Å². The van der Waals surface area contributed by atoms with Gasteiger partial charge in [-0.25, -0.2) is 13.6 Å². The fourth-order valence-corrected chi connectivity index (χ4v) is 4.27. The third kappa shape index (κ3) is 4.58. The number of benzene rings is 1. The van der Waals surface area contributed by atoms with Crippen LogP contribution >= 0.6 is 0 Å². The van der Waals surface area contributed by atoms with Crippen LogP contribution in [0.1, 0.15) is 62.4 Å². The number of ether oxygens (including phenoxy) is 1. The van der Waals surface area contributed by atoms with Gasteiger partial charge in [0.25, 0.3) is 0 Å². The summed E-state index contributed by atoms with van der Waals surface area (Å²) in [6.45, 7) is 8.14. The number of carbonyl (C=O) groups excluding carboxylic acids is 1. The van der Waals surface area contributed by atoms with E-state index < -0.39 is 17.6 Å². The maximum Gasteiger partial charge on any atom is 0.341 e. The molecule has 1 N–H and O–H groups in total. The highest BCUT2D eigenvalue weighted by molar-refractivity contribution is 5.90. The average Bonchev–Trinajstić information content (AvgIpc) is 2.83. The molecule has 3 rings (SSSR count). The Hall–Kier alpha value is -2.27. The van der Waals surface area contributed by atoms with E-state index in [4.69, 9.17) is 4.74 Å². The fourth-order valence-electron chi connectivity index (χ4n) is 4.27. The minimum atomic E-state index is -1.16. The molecule has 0 aromatic heterocycles. The normalized spacial score (nSPS) is 21.5. The summed E-state index contributed by atoms with van der Waals surface area (Å²) in [6, 6.07) is 2.77. The maximum absolute atomic E-state index is 14.7.